The molecule has 1 aliphatic rings. The molecule has 1 aromatic heterocycles. The van der Waals surface area contributed by atoms with E-state index in [2.05, 4.69) is 17.2 Å². The van der Waals surface area contributed by atoms with Gasteiger partial charge in [-0.3, -0.25) is 4.79 Å². The second kappa shape index (κ2) is 12.4. The number of likely N-dealkylation sites (tertiary alicyclic amines) is 1. The largest absolute Gasteiger partial charge is 0.342 e. The van der Waals surface area contributed by atoms with Gasteiger partial charge in [0.15, 0.2) is 0 Å². The van der Waals surface area contributed by atoms with Gasteiger partial charge in [0.2, 0.25) is 5.91 Å². The third kappa shape index (κ3) is 7.32. The van der Waals surface area contributed by atoms with E-state index in [-0.39, 0.29) is 36.5 Å². The van der Waals surface area contributed by atoms with E-state index >= 15 is 0 Å². The van der Waals surface area contributed by atoms with Crippen LogP contribution < -0.4 is 5.32 Å². The average molecular weight is 448 g/mol. The Morgan fingerprint density at radius 2 is 1.93 bits per heavy atom. The SMILES string of the molecule is CCNCC1CCN(C(=O)Cc2csc(Cc3ccc(F)cc3)n2)CC1.Cl.Cl. The monoisotopic (exact) mass is 447 g/mol. The number of hydrogen-bond acceptors (Lipinski definition) is 4. The predicted molar refractivity (Wildman–Crippen MR) is 117 cm³/mol. The number of nitrogens with zero attached hydrogens (tertiary/aromatic N) is 2. The minimum Gasteiger partial charge on any atom is -0.342 e. The number of halogens is 3. The Morgan fingerprint density at radius 1 is 1.25 bits per heavy atom. The van der Waals surface area contributed by atoms with Crippen molar-refractivity contribution in [2.75, 3.05) is 26.2 Å². The zero-order valence-corrected chi connectivity index (χ0v) is 18.5. The summed E-state index contributed by atoms with van der Waals surface area (Å²) < 4.78 is 13.0. The summed E-state index contributed by atoms with van der Waals surface area (Å²) >= 11 is 1.56. The first-order chi connectivity index (χ1) is 12.6. The Hall–Kier alpha value is -1.21. The van der Waals surface area contributed by atoms with Crippen molar-refractivity contribution in [3.63, 3.8) is 0 Å². The van der Waals surface area contributed by atoms with Crippen molar-refractivity contribution in [1.82, 2.24) is 15.2 Å². The molecule has 0 atom stereocenters. The summed E-state index contributed by atoms with van der Waals surface area (Å²) in [5, 5.41) is 6.32. The van der Waals surface area contributed by atoms with E-state index in [1.54, 1.807) is 23.5 Å². The standard InChI is InChI=1S/C20H26FN3OS.2ClH/c1-2-22-13-16-7-9-24(10-8-16)20(25)12-18-14-26-19(23-18)11-15-3-5-17(21)6-4-15;;/h3-6,14,16,22H,2,7-13H2,1H3;2*1H. The summed E-state index contributed by atoms with van der Waals surface area (Å²) in [5.74, 6) is 0.625. The second-order valence-electron chi connectivity index (χ2n) is 6.84. The first kappa shape index (κ1) is 24.8. The van der Waals surface area contributed by atoms with Crippen molar-refractivity contribution >= 4 is 42.1 Å². The maximum absolute atomic E-state index is 13.0. The molecule has 1 saturated heterocycles. The second-order valence-corrected chi connectivity index (χ2v) is 7.79. The van der Waals surface area contributed by atoms with Crippen molar-refractivity contribution in [3.05, 3.63) is 51.7 Å². The third-order valence-corrected chi connectivity index (χ3v) is 5.75. The zero-order chi connectivity index (χ0) is 18.4. The fourth-order valence-electron chi connectivity index (χ4n) is 3.29. The van der Waals surface area contributed by atoms with Gasteiger partial charge in [0.1, 0.15) is 5.82 Å². The van der Waals surface area contributed by atoms with Crippen LogP contribution in [0, 0.1) is 11.7 Å². The Bertz CT molecular complexity index is 718. The lowest BCUT2D eigenvalue weighted by Gasteiger charge is -2.32. The van der Waals surface area contributed by atoms with E-state index in [1.165, 1.54) is 12.1 Å². The summed E-state index contributed by atoms with van der Waals surface area (Å²) in [7, 11) is 0. The summed E-state index contributed by atoms with van der Waals surface area (Å²) in [5.41, 5.74) is 1.87. The number of benzene rings is 1. The molecule has 156 valence electrons. The Labute approximate surface area is 182 Å². The number of hydrogen-bond donors (Lipinski definition) is 1. The first-order valence-electron chi connectivity index (χ1n) is 9.30. The van der Waals surface area contributed by atoms with Crippen LogP contribution in [0.2, 0.25) is 0 Å². The maximum atomic E-state index is 13.0. The van der Waals surface area contributed by atoms with Crippen molar-refractivity contribution in [2.24, 2.45) is 5.92 Å². The highest BCUT2D eigenvalue weighted by Gasteiger charge is 2.23. The number of carbonyl (C=O) groups is 1. The summed E-state index contributed by atoms with van der Waals surface area (Å²) in [6, 6.07) is 6.48. The quantitative estimate of drug-likeness (QED) is 0.694. The highest BCUT2D eigenvalue weighted by atomic mass is 35.5. The van der Waals surface area contributed by atoms with Gasteiger partial charge in [-0.2, -0.15) is 0 Å². The number of nitrogens with one attached hydrogen (secondary N) is 1. The molecule has 2 aromatic rings. The average Bonchev–Trinajstić information content (AvgIpc) is 3.09. The number of rotatable bonds is 7. The van der Waals surface area contributed by atoms with Crippen LogP contribution in [0.3, 0.4) is 0 Å². The molecule has 2 heterocycles. The molecule has 3 rings (SSSR count). The van der Waals surface area contributed by atoms with Crippen LogP contribution in [0.25, 0.3) is 0 Å². The van der Waals surface area contributed by atoms with E-state index in [0.29, 0.717) is 18.8 Å². The van der Waals surface area contributed by atoms with E-state index in [0.717, 1.165) is 55.3 Å². The molecule has 0 unspecified atom stereocenters. The molecule has 1 aromatic carbocycles. The van der Waals surface area contributed by atoms with Crippen LogP contribution >= 0.6 is 36.2 Å². The summed E-state index contributed by atoms with van der Waals surface area (Å²) in [4.78, 5) is 19.1. The number of aromatic nitrogens is 1. The van der Waals surface area contributed by atoms with Gasteiger partial charge in [0.25, 0.3) is 0 Å². The Balaban J connectivity index is 0.00000196. The van der Waals surface area contributed by atoms with Crippen LogP contribution in [0.15, 0.2) is 29.6 Å². The molecule has 0 saturated carbocycles. The lowest BCUT2D eigenvalue weighted by molar-refractivity contribution is -0.131. The van der Waals surface area contributed by atoms with Crippen LogP contribution in [-0.4, -0.2) is 42.0 Å². The fraction of sp³-hybridized carbons (Fsp3) is 0.500. The third-order valence-electron chi connectivity index (χ3n) is 4.85. The summed E-state index contributed by atoms with van der Waals surface area (Å²) in [6.45, 7) is 5.88. The van der Waals surface area contributed by atoms with E-state index in [1.807, 2.05) is 10.3 Å². The van der Waals surface area contributed by atoms with Crippen molar-refractivity contribution < 1.29 is 9.18 Å². The van der Waals surface area contributed by atoms with Gasteiger partial charge in [-0.15, -0.1) is 36.2 Å². The normalized spacial score (nSPS) is 14.3. The maximum Gasteiger partial charge on any atom is 0.228 e. The molecule has 0 spiro atoms. The number of carbonyl (C=O) groups excluding carboxylic acids is 1. The highest BCUT2D eigenvalue weighted by Crippen LogP contribution is 2.19. The van der Waals surface area contributed by atoms with E-state index in [4.69, 9.17) is 0 Å². The molecule has 8 heteroatoms. The topological polar surface area (TPSA) is 45.2 Å². The van der Waals surface area contributed by atoms with E-state index in [9.17, 15) is 9.18 Å². The van der Waals surface area contributed by atoms with Crippen molar-refractivity contribution in [1.29, 1.82) is 0 Å². The molecule has 4 nitrogen and oxygen atoms in total. The predicted octanol–water partition coefficient (Wildman–Crippen LogP) is 4.11. The Morgan fingerprint density at radius 3 is 2.57 bits per heavy atom. The van der Waals surface area contributed by atoms with Crippen LogP contribution in [0.4, 0.5) is 4.39 Å². The van der Waals surface area contributed by atoms with E-state index < -0.39 is 0 Å². The zero-order valence-electron chi connectivity index (χ0n) is 16.0. The van der Waals surface area contributed by atoms with Gasteiger partial charge in [0, 0.05) is 24.9 Å². The molecular formula is C20H28Cl2FN3OS. The van der Waals surface area contributed by atoms with Gasteiger partial charge in [0.05, 0.1) is 17.1 Å². The Kier molecular flexibility index (Phi) is 11.0. The lowest BCUT2D eigenvalue weighted by atomic mass is 9.96. The molecule has 0 aliphatic carbocycles. The molecule has 1 amide bonds. The van der Waals surface area contributed by atoms with Gasteiger partial charge in [-0.05, 0) is 49.5 Å². The smallest absolute Gasteiger partial charge is 0.228 e. The van der Waals surface area contributed by atoms with Crippen LogP contribution in [0.1, 0.15) is 36.0 Å². The number of thiazole rings is 1. The number of amides is 1. The molecule has 0 radical (unpaired) electrons. The summed E-state index contributed by atoms with van der Waals surface area (Å²) in [6.07, 6.45) is 3.20. The highest BCUT2D eigenvalue weighted by molar-refractivity contribution is 7.09. The van der Waals surface area contributed by atoms with Gasteiger partial charge in [-0.25, -0.2) is 9.37 Å². The van der Waals surface area contributed by atoms with Crippen LogP contribution in [0.5, 0.6) is 0 Å². The minimum absolute atomic E-state index is 0. The first-order valence-corrected chi connectivity index (χ1v) is 10.2. The van der Waals surface area contributed by atoms with Gasteiger partial charge in [-0.1, -0.05) is 19.1 Å². The van der Waals surface area contributed by atoms with Crippen molar-refractivity contribution in [2.45, 2.75) is 32.6 Å². The van der Waals surface area contributed by atoms with Gasteiger partial charge >= 0.3 is 0 Å². The van der Waals surface area contributed by atoms with Crippen LogP contribution in [-0.2, 0) is 17.6 Å². The molecule has 0 bridgehead atoms. The molecule has 1 aliphatic heterocycles. The van der Waals surface area contributed by atoms with Crippen molar-refractivity contribution in [3.8, 4) is 0 Å². The molecule has 28 heavy (non-hydrogen) atoms. The fourth-order valence-corrected chi connectivity index (χ4v) is 4.12. The molecule has 1 fully saturated rings. The lowest BCUT2D eigenvalue weighted by Crippen LogP contribution is -2.41. The molecule has 1 N–H and O–H groups in total. The van der Waals surface area contributed by atoms with Gasteiger partial charge < -0.3 is 10.2 Å². The number of piperidine rings is 1. The molecular weight excluding hydrogens is 420 g/mol. The minimum atomic E-state index is -0.228.